The maximum atomic E-state index is 12.5. The molecule has 0 spiro atoms. The Morgan fingerprint density at radius 2 is 1.81 bits per heavy atom. The number of carbonyl (C=O) groups is 3. The van der Waals surface area contributed by atoms with Crippen molar-refractivity contribution in [3.05, 3.63) is 60.1 Å². The molecule has 1 N–H and O–H groups in total. The van der Waals surface area contributed by atoms with E-state index in [0.717, 1.165) is 19.3 Å². The van der Waals surface area contributed by atoms with Gasteiger partial charge in [-0.3, -0.25) is 9.59 Å². The average molecular weight is 427 g/mol. The molecule has 1 aromatic carbocycles. The first-order chi connectivity index (χ1) is 14.9. The molecule has 2 aromatic rings. The van der Waals surface area contributed by atoms with Crippen LogP contribution in [0.15, 0.2) is 53.1 Å². The zero-order valence-electron chi connectivity index (χ0n) is 18.1. The van der Waals surface area contributed by atoms with Gasteiger partial charge in [0, 0.05) is 13.1 Å². The van der Waals surface area contributed by atoms with Gasteiger partial charge in [-0.05, 0) is 48.8 Å². The molecule has 7 heteroatoms. The van der Waals surface area contributed by atoms with Gasteiger partial charge in [0.25, 0.3) is 11.8 Å². The summed E-state index contributed by atoms with van der Waals surface area (Å²) in [4.78, 5) is 38.9. The van der Waals surface area contributed by atoms with Crippen LogP contribution >= 0.6 is 0 Å². The number of nitrogens with zero attached hydrogens (tertiary/aromatic N) is 1. The molecule has 166 valence electrons. The van der Waals surface area contributed by atoms with Crippen molar-refractivity contribution in [2.45, 2.75) is 39.2 Å². The Hall–Kier alpha value is -3.09. The molecule has 3 rings (SSSR count). The molecular weight excluding hydrogens is 396 g/mol. The zero-order valence-corrected chi connectivity index (χ0v) is 18.1. The number of piperidine rings is 1. The molecule has 1 fully saturated rings. The molecule has 1 aromatic heterocycles. The number of hydrogen-bond donors (Lipinski definition) is 1. The van der Waals surface area contributed by atoms with Gasteiger partial charge >= 0.3 is 5.97 Å². The van der Waals surface area contributed by atoms with Crippen molar-refractivity contribution in [3.8, 4) is 0 Å². The number of rotatable bonds is 8. The molecule has 0 unspecified atom stereocenters. The fraction of sp³-hybridized carbons (Fsp3) is 0.458. The van der Waals surface area contributed by atoms with Gasteiger partial charge in [0.2, 0.25) is 0 Å². The first-order valence-electron chi connectivity index (χ1n) is 10.8. The van der Waals surface area contributed by atoms with Crippen molar-refractivity contribution >= 4 is 17.8 Å². The molecule has 2 amide bonds. The van der Waals surface area contributed by atoms with Gasteiger partial charge in [-0.2, -0.15) is 0 Å². The van der Waals surface area contributed by atoms with Crippen LogP contribution in [0, 0.1) is 11.8 Å². The topological polar surface area (TPSA) is 88.9 Å². The average Bonchev–Trinajstić information content (AvgIpc) is 3.31. The number of likely N-dealkylation sites (tertiary alicyclic amines) is 1. The number of carbonyl (C=O) groups excluding carboxylic acids is 3. The van der Waals surface area contributed by atoms with Crippen molar-refractivity contribution < 1.29 is 23.5 Å². The van der Waals surface area contributed by atoms with E-state index in [9.17, 15) is 14.4 Å². The van der Waals surface area contributed by atoms with Gasteiger partial charge in [0.1, 0.15) is 6.04 Å². The summed E-state index contributed by atoms with van der Waals surface area (Å²) in [5.74, 6) is -0.847. The normalized spacial score (nSPS) is 15.5. The van der Waals surface area contributed by atoms with E-state index in [4.69, 9.17) is 9.15 Å². The molecule has 0 aliphatic carbocycles. The highest BCUT2D eigenvalue weighted by atomic mass is 16.5. The summed E-state index contributed by atoms with van der Waals surface area (Å²) in [6.45, 7) is 4.61. The van der Waals surface area contributed by atoms with E-state index < -0.39 is 17.9 Å². The van der Waals surface area contributed by atoms with E-state index in [1.54, 1.807) is 24.8 Å². The molecular formula is C24H30N2O5. The van der Waals surface area contributed by atoms with E-state index in [1.807, 2.05) is 18.2 Å². The van der Waals surface area contributed by atoms with Gasteiger partial charge < -0.3 is 19.4 Å². The highest BCUT2D eigenvalue weighted by molar-refractivity contribution is 5.94. The van der Waals surface area contributed by atoms with Crippen molar-refractivity contribution in [2.24, 2.45) is 11.8 Å². The van der Waals surface area contributed by atoms with E-state index in [0.29, 0.717) is 19.0 Å². The molecule has 0 bridgehead atoms. The van der Waals surface area contributed by atoms with E-state index >= 15 is 0 Å². The van der Waals surface area contributed by atoms with Crippen molar-refractivity contribution in [1.29, 1.82) is 0 Å². The Bertz CT molecular complexity index is 855. The SMILES string of the molecule is CC(C)[C@@H](NC(=O)c1ccco1)C(=O)OCC(=O)N1CCC(Cc2ccccc2)CC1. The first kappa shape index (κ1) is 22.6. The van der Waals surface area contributed by atoms with E-state index in [2.05, 4.69) is 17.4 Å². The summed E-state index contributed by atoms with van der Waals surface area (Å²) in [6, 6.07) is 12.6. The van der Waals surface area contributed by atoms with Gasteiger partial charge in [0.15, 0.2) is 12.4 Å². The third-order valence-electron chi connectivity index (χ3n) is 5.62. The largest absolute Gasteiger partial charge is 0.459 e. The summed E-state index contributed by atoms with van der Waals surface area (Å²) in [5, 5.41) is 2.62. The fourth-order valence-corrected chi connectivity index (χ4v) is 3.77. The zero-order chi connectivity index (χ0) is 22.2. The maximum Gasteiger partial charge on any atom is 0.329 e. The number of hydrogen-bond acceptors (Lipinski definition) is 5. The molecule has 1 aliphatic heterocycles. The van der Waals surface area contributed by atoms with Crippen LogP contribution in [0.5, 0.6) is 0 Å². The molecule has 1 saturated heterocycles. The summed E-state index contributed by atoms with van der Waals surface area (Å²) < 4.78 is 10.3. The van der Waals surface area contributed by atoms with Gasteiger partial charge in [-0.1, -0.05) is 44.2 Å². The number of amides is 2. The Labute approximate surface area is 182 Å². The maximum absolute atomic E-state index is 12.5. The van der Waals surface area contributed by atoms with Crippen LogP contribution in [0.25, 0.3) is 0 Å². The highest BCUT2D eigenvalue weighted by Crippen LogP contribution is 2.21. The standard InChI is InChI=1S/C24H30N2O5/c1-17(2)22(25-23(28)20-9-6-14-30-20)24(29)31-16-21(27)26-12-10-19(11-13-26)15-18-7-4-3-5-8-18/h3-9,14,17,19,22H,10-13,15-16H2,1-2H3,(H,25,28)/t22-/m1/s1. The quantitative estimate of drug-likeness (QED) is 0.656. The fourth-order valence-electron chi connectivity index (χ4n) is 3.77. The number of ether oxygens (including phenoxy) is 1. The van der Waals surface area contributed by atoms with Crippen LogP contribution in [-0.2, 0) is 20.7 Å². The number of benzene rings is 1. The Kier molecular flexibility index (Phi) is 7.87. The van der Waals surface area contributed by atoms with Crippen LogP contribution in [0.1, 0.15) is 42.8 Å². The predicted molar refractivity (Wildman–Crippen MR) is 115 cm³/mol. The van der Waals surface area contributed by atoms with E-state index in [-0.39, 0.29) is 24.2 Å². The lowest BCUT2D eigenvalue weighted by Gasteiger charge is -2.32. The minimum Gasteiger partial charge on any atom is -0.459 e. The molecule has 0 radical (unpaired) electrons. The molecule has 1 aliphatic rings. The van der Waals surface area contributed by atoms with Crippen LogP contribution in [0.2, 0.25) is 0 Å². The molecule has 7 nitrogen and oxygen atoms in total. The van der Waals surface area contributed by atoms with Crippen LogP contribution < -0.4 is 5.32 Å². The molecule has 2 heterocycles. The highest BCUT2D eigenvalue weighted by Gasteiger charge is 2.29. The monoisotopic (exact) mass is 426 g/mol. The lowest BCUT2D eigenvalue weighted by Crippen LogP contribution is -2.47. The Morgan fingerprint density at radius 1 is 1.10 bits per heavy atom. The second-order valence-corrected chi connectivity index (χ2v) is 8.29. The summed E-state index contributed by atoms with van der Waals surface area (Å²) in [5.41, 5.74) is 1.32. The van der Waals surface area contributed by atoms with Crippen molar-refractivity contribution in [2.75, 3.05) is 19.7 Å². The smallest absolute Gasteiger partial charge is 0.329 e. The van der Waals surface area contributed by atoms with Gasteiger partial charge in [0.05, 0.1) is 6.26 Å². The molecule has 0 saturated carbocycles. The summed E-state index contributed by atoms with van der Waals surface area (Å²) in [7, 11) is 0. The number of esters is 1. The molecule has 1 atom stereocenters. The van der Waals surface area contributed by atoms with Crippen LogP contribution in [-0.4, -0.2) is 48.4 Å². The minimum absolute atomic E-state index is 0.118. The van der Waals surface area contributed by atoms with Gasteiger partial charge in [-0.15, -0.1) is 0 Å². The van der Waals surface area contributed by atoms with Crippen molar-refractivity contribution in [3.63, 3.8) is 0 Å². The second kappa shape index (κ2) is 10.8. The van der Waals surface area contributed by atoms with Crippen LogP contribution in [0.4, 0.5) is 0 Å². The van der Waals surface area contributed by atoms with Crippen molar-refractivity contribution in [1.82, 2.24) is 10.2 Å². The Morgan fingerprint density at radius 3 is 2.42 bits per heavy atom. The Balaban J connectivity index is 1.43. The van der Waals surface area contributed by atoms with E-state index in [1.165, 1.54) is 17.9 Å². The lowest BCUT2D eigenvalue weighted by molar-refractivity contribution is -0.155. The second-order valence-electron chi connectivity index (χ2n) is 8.29. The minimum atomic E-state index is -0.859. The predicted octanol–water partition coefficient (Wildman–Crippen LogP) is 3.06. The van der Waals surface area contributed by atoms with Crippen LogP contribution in [0.3, 0.4) is 0 Å². The lowest BCUT2D eigenvalue weighted by atomic mass is 9.90. The first-order valence-corrected chi connectivity index (χ1v) is 10.8. The molecule has 31 heavy (non-hydrogen) atoms. The van der Waals surface area contributed by atoms with Gasteiger partial charge in [-0.25, -0.2) is 4.79 Å². The number of furan rings is 1. The summed E-state index contributed by atoms with van der Waals surface area (Å²) in [6.07, 6.45) is 4.27. The third-order valence-corrected chi connectivity index (χ3v) is 5.62. The summed E-state index contributed by atoms with van der Waals surface area (Å²) >= 11 is 0. The third kappa shape index (κ3) is 6.44. The number of nitrogens with one attached hydrogen (secondary N) is 1.